The van der Waals surface area contributed by atoms with Crippen LogP contribution < -0.4 is 4.74 Å². The highest BCUT2D eigenvalue weighted by atomic mass is 16.5. The predicted octanol–water partition coefficient (Wildman–Crippen LogP) is 4.17. The largest absolute Gasteiger partial charge is 0.493 e. The van der Waals surface area contributed by atoms with Gasteiger partial charge in [-0.2, -0.15) is 0 Å². The highest BCUT2D eigenvalue weighted by Gasteiger charge is 2.14. The molecule has 0 bridgehead atoms. The Kier molecular flexibility index (Phi) is 8.07. The van der Waals surface area contributed by atoms with Crippen LogP contribution in [0.2, 0.25) is 0 Å². The second-order valence-electron chi connectivity index (χ2n) is 7.27. The lowest BCUT2D eigenvalue weighted by Gasteiger charge is -2.32. The van der Waals surface area contributed by atoms with Gasteiger partial charge in [0.15, 0.2) is 0 Å². The Labute approximate surface area is 149 Å². The van der Waals surface area contributed by atoms with E-state index in [1.807, 2.05) is 0 Å². The highest BCUT2D eigenvalue weighted by Crippen LogP contribution is 2.27. The number of hydrogen-bond donors (Lipinski definition) is 0. The molecule has 0 aliphatic carbocycles. The van der Waals surface area contributed by atoms with Gasteiger partial charge in [0, 0.05) is 26.2 Å². The molecule has 3 nitrogen and oxygen atoms in total. The minimum Gasteiger partial charge on any atom is -0.493 e. The highest BCUT2D eigenvalue weighted by molar-refractivity contribution is 5.38. The topological polar surface area (TPSA) is 15.7 Å². The van der Waals surface area contributed by atoms with Gasteiger partial charge in [-0.15, -0.1) is 0 Å². The van der Waals surface area contributed by atoms with Crippen LogP contribution in [0.25, 0.3) is 0 Å². The third kappa shape index (κ3) is 5.78. The molecule has 0 spiro atoms. The number of likely N-dealkylation sites (N-methyl/N-ethyl adjacent to an activating group) is 1. The van der Waals surface area contributed by atoms with E-state index < -0.39 is 0 Å². The summed E-state index contributed by atoms with van der Waals surface area (Å²) in [5.41, 5.74) is 2.85. The van der Waals surface area contributed by atoms with Gasteiger partial charge < -0.3 is 14.5 Å². The van der Waals surface area contributed by atoms with E-state index in [9.17, 15) is 0 Å². The van der Waals surface area contributed by atoms with E-state index in [0.717, 1.165) is 25.2 Å². The maximum atomic E-state index is 5.99. The van der Waals surface area contributed by atoms with E-state index in [0.29, 0.717) is 5.92 Å². The van der Waals surface area contributed by atoms with Crippen molar-refractivity contribution in [3.05, 3.63) is 29.3 Å². The standard InChI is InChI=1S/C21H36N2O/c1-5-16-24-21-10-9-19(18(3)6-2)17-20(21)8-7-11-23-14-12-22(4)13-15-23/h9-10,17-18H,5-8,11-16H2,1-4H3. The Morgan fingerprint density at radius 2 is 1.88 bits per heavy atom. The van der Waals surface area contributed by atoms with Gasteiger partial charge in [-0.05, 0) is 62.4 Å². The summed E-state index contributed by atoms with van der Waals surface area (Å²) in [4.78, 5) is 5.02. The van der Waals surface area contributed by atoms with Gasteiger partial charge in [0.1, 0.15) is 5.75 Å². The molecular weight excluding hydrogens is 296 g/mol. The van der Waals surface area contributed by atoms with Crippen molar-refractivity contribution in [1.82, 2.24) is 9.80 Å². The molecular formula is C21H36N2O. The lowest BCUT2D eigenvalue weighted by Crippen LogP contribution is -2.44. The van der Waals surface area contributed by atoms with E-state index in [2.05, 4.69) is 55.8 Å². The molecule has 1 heterocycles. The monoisotopic (exact) mass is 332 g/mol. The maximum absolute atomic E-state index is 5.99. The van der Waals surface area contributed by atoms with Crippen molar-refractivity contribution in [2.75, 3.05) is 46.4 Å². The Morgan fingerprint density at radius 3 is 2.54 bits per heavy atom. The molecule has 24 heavy (non-hydrogen) atoms. The van der Waals surface area contributed by atoms with Gasteiger partial charge in [0.25, 0.3) is 0 Å². The van der Waals surface area contributed by atoms with Crippen molar-refractivity contribution in [3.63, 3.8) is 0 Å². The number of nitrogens with zero attached hydrogens (tertiary/aromatic N) is 2. The van der Waals surface area contributed by atoms with E-state index in [-0.39, 0.29) is 0 Å². The zero-order chi connectivity index (χ0) is 17.4. The Hall–Kier alpha value is -1.06. The third-order valence-electron chi connectivity index (χ3n) is 5.24. The number of aryl methyl sites for hydroxylation is 1. The van der Waals surface area contributed by atoms with Gasteiger partial charge in [-0.3, -0.25) is 0 Å². The van der Waals surface area contributed by atoms with Crippen molar-refractivity contribution in [3.8, 4) is 5.75 Å². The van der Waals surface area contributed by atoms with Crippen LogP contribution in [0.5, 0.6) is 5.75 Å². The molecule has 0 amide bonds. The lowest BCUT2D eigenvalue weighted by atomic mass is 9.95. The molecule has 1 aromatic carbocycles. The summed E-state index contributed by atoms with van der Waals surface area (Å²) in [6.45, 7) is 13.6. The zero-order valence-corrected chi connectivity index (χ0v) is 16.2. The summed E-state index contributed by atoms with van der Waals surface area (Å²) in [6.07, 6.45) is 4.59. The summed E-state index contributed by atoms with van der Waals surface area (Å²) < 4.78 is 5.99. The lowest BCUT2D eigenvalue weighted by molar-refractivity contribution is 0.153. The van der Waals surface area contributed by atoms with Crippen LogP contribution in [0.3, 0.4) is 0 Å². The van der Waals surface area contributed by atoms with Crippen LogP contribution in [-0.2, 0) is 6.42 Å². The molecule has 0 N–H and O–H groups in total. The number of ether oxygens (including phenoxy) is 1. The van der Waals surface area contributed by atoms with Crippen LogP contribution in [0, 0.1) is 0 Å². The molecule has 1 fully saturated rings. The Morgan fingerprint density at radius 1 is 1.12 bits per heavy atom. The van der Waals surface area contributed by atoms with Crippen molar-refractivity contribution in [2.45, 2.75) is 52.4 Å². The van der Waals surface area contributed by atoms with Gasteiger partial charge in [-0.1, -0.05) is 32.9 Å². The molecule has 1 unspecified atom stereocenters. The summed E-state index contributed by atoms with van der Waals surface area (Å²) >= 11 is 0. The normalized spacial score (nSPS) is 17.8. The summed E-state index contributed by atoms with van der Waals surface area (Å²) in [7, 11) is 2.22. The van der Waals surface area contributed by atoms with Crippen LogP contribution in [0.4, 0.5) is 0 Å². The molecule has 0 saturated carbocycles. The first-order valence-corrected chi connectivity index (χ1v) is 9.80. The van der Waals surface area contributed by atoms with E-state index in [1.54, 1.807) is 0 Å². The Bertz CT molecular complexity index is 481. The van der Waals surface area contributed by atoms with Crippen molar-refractivity contribution in [2.24, 2.45) is 0 Å². The van der Waals surface area contributed by atoms with Gasteiger partial charge in [0.05, 0.1) is 6.61 Å². The van der Waals surface area contributed by atoms with E-state index in [4.69, 9.17) is 4.74 Å². The summed E-state index contributed by atoms with van der Waals surface area (Å²) in [5, 5.41) is 0. The molecule has 1 aromatic rings. The average molecular weight is 333 g/mol. The fourth-order valence-electron chi connectivity index (χ4n) is 3.25. The molecule has 136 valence electrons. The summed E-state index contributed by atoms with van der Waals surface area (Å²) in [6, 6.07) is 6.84. The first kappa shape index (κ1) is 19.3. The maximum Gasteiger partial charge on any atom is 0.122 e. The fraction of sp³-hybridized carbons (Fsp3) is 0.714. The van der Waals surface area contributed by atoms with Crippen molar-refractivity contribution < 1.29 is 4.74 Å². The second kappa shape index (κ2) is 10.0. The van der Waals surface area contributed by atoms with Crippen LogP contribution >= 0.6 is 0 Å². The van der Waals surface area contributed by atoms with E-state index >= 15 is 0 Å². The van der Waals surface area contributed by atoms with Gasteiger partial charge >= 0.3 is 0 Å². The van der Waals surface area contributed by atoms with Crippen LogP contribution in [0.15, 0.2) is 18.2 Å². The number of hydrogen-bond acceptors (Lipinski definition) is 3. The van der Waals surface area contributed by atoms with Crippen molar-refractivity contribution >= 4 is 0 Å². The first-order valence-electron chi connectivity index (χ1n) is 9.80. The minimum absolute atomic E-state index is 0.626. The fourth-order valence-corrected chi connectivity index (χ4v) is 3.25. The quantitative estimate of drug-likeness (QED) is 0.675. The molecule has 0 radical (unpaired) electrons. The predicted molar refractivity (Wildman–Crippen MR) is 103 cm³/mol. The zero-order valence-electron chi connectivity index (χ0n) is 16.2. The van der Waals surface area contributed by atoms with Crippen LogP contribution in [-0.4, -0.2) is 56.2 Å². The minimum atomic E-state index is 0.626. The number of piperazine rings is 1. The smallest absolute Gasteiger partial charge is 0.122 e. The van der Waals surface area contributed by atoms with Crippen LogP contribution in [0.1, 0.15) is 57.1 Å². The summed E-state index contributed by atoms with van der Waals surface area (Å²) in [5.74, 6) is 1.73. The van der Waals surface area contributed by atoms with Crippen molar-refractivity contribution in [1.29, 1.82) is 0 Å². The average Bonchev–Trinajstić information content (AvgIpc) is 2.61. The molecule has 3 heteroatoms. The Balaban J connectivity index is 1.94. The molecule has 0 aromatic heterocycles. The molecule has 1 atom stereocenters. The molecule has 2 rings (SSSR count). The van der Waals surface area contributed by atoms with Gasteiger partial charge in [-0.25, -0.2) is 0 Å². The number of benzene rings is 1. The molecule has 1 aliphatic rings. The van der Waals surface area contributed by atoms with Gasteiger partial charge in [0.2, 0.25) is 0 Å². The first-order chi connectivity index (χ1) is 11.6. The third-order valence-corrected chi connectivity index (χ3v) is 5.24. The molecule has 1 aliphatic heterocycles. The number of rotatable bonds is 9. The SMILES string of the molecule is CCCOc1ccc(C(C)CC)cc1CCCN1CCN(C)CC1. The molecule has 1 saturated heterocycles. The second-order valence-corrected chi connectivity index (χ2v) is 7.27. The van der Waals surface area contributed by atoms with E-state index in [1.165, 1.54) is 56.7 Å².